The molecule has 0 aromatic heterocycles. The van der Waals surface area contributed by atoms with E-state index in [4.69, 9.17) is 9.47 Å². The molecule has 2 aliphatic carbocycles. The Morgan fingerprint density at radius 1 is 1.14 bits per heavy atom. The van der Waals surface area contributed by atoms with Crippen LogP contribution in [0, 0.1) is 17.3 Å². The smallest absolute Gasteiger partial charge is 0.161 e. The maximum absolute atomic E-state index is 6.02. The molecule has 2 saturated carbocycles. The second-order valence-electron chi connectivity index (χ2n) is 6.67. The summed E-state index contributed by atoms with van der Waals surface area (Å²) in [5.41, 5.74) is 0.461. The Labute approximate surface area is 128 Å². The van der Waals surface area contributed by atoms with Crippen molar-refractivity contribution in [3.05, 3.63) is 24.3 Å². The van der Waals surface area contributed by atoms with E-state index < -0.39 is 0 Å². The summed E-state index contributed by atoms with van der Waals surface area (Å²) < 4.78 is 11.6. The van der Waals surface area contributed by atoms with Crippen molar-refractivity contribution in [1.29, 1.82) is 0 Å². The van der Waals surface area contributed by atoms with Crippen molar-refractivity contribution in [1.82, 2.24) is 5.32 Å². The van der Waals surface area contributed by atoms with Crippen LogP contribution in [-0.4, -0.2) is 26.8 Å². The van der Waals surface area contributed by atoms with Gasteiger partial charge in [0, 0.05) is 6.54 Å². The Bertz CT molecular complexity index is 464. The van der Waals surface area contributed by atoms with Crippen molar-refractivity contribution in [3.8, 4) is 11.5 Å². The predicted octanol–water partition coefficient (Wildman–Crippen LogP) is 3.49. The molecule has 1 N–H and O–H groups in total. The Balaban J connectivity index is 1.55. The van der Waals surface area contributed by atoms with Crippen molar-refractivity contribution < 1.29 is 9.47 Å². The van der Waals surface area contributed by atoms with Crippen molar-refractivity contribution in [2.45, 2.75) is 32.6 Å². The van der Waals surface area contributed by atoms with Crippen LogP contribution in [0.4, 0.5) is 0 Å². The van der Waals surface area contributed by atoms with Gasteiger partial charge in [0.2, 0.25) is 0 Å². The lowest BCUT2D eigenvalue weighted by Crippen LogP contribution is -2.33. The lowest BCUT2D eigenvalue weighted by atomic mass is 9.80. The molecule has 0 heterocycles. The zero-order chi connectivity index (χ0) is 14.7. The van der Waals surface area contributed by atoms with Gasteiger partial charge in [0.1, 0.15) is 0 Å². The number of ether oxygens (including phenoxy) is 2. The number of para-hydroxylation sites is 2. The molecule has 2 unspecified atom stereocenters. The van der Waals surface area contributed by atoms with Crippen LogP contribution in [0.25, 0.3) is 0 Å². The maximum atomic E-state index is 6.02. The molecule has 3 nitrogen and oxygen atoms in total. The minimum absolute atomic E-state index is 0.461. The van der Waals surface area contributed by atoms with E-state index in [2.05, 4.69) is 12.4 Å². The van der Waals surface area contributed by atoms with Crippen LogP contribution < -0.4 is 14.8 Å². The first-order valence-electron chi connectivity index (χ1n) is 8.25. The molecule has 2 atom stereocenters. The average Bonchev–Trinajstić information content (AvgIpc) is 3.09. The van der Waals surface area contributed by atoms with Gasteiger partial charge >= 0.3 is 0 Å². The summed E-state index contributed by atoms with van der Waals surface area (Å²) in [6, 6.07) is 7.98. The van der Waals surface area contributed by atoms with Crippen LogP contribution in [0.2, 0.25) is 0 Å². The van der Waals surface area contributed by atoms with E-state index >= 15 is 0 Å². The average molecular weight is 289 g/mol. The first kappa shape index (κ1) is 14.7. The normalized spacial score (nSPS) is 30.0. The molecule has 116 valence electrons. The number of benzene rings is 1. The third-order valence-electron chi connectivity index (χ3n) is 5.05. The fourth-order valence-corrected chi connectivity index (χ4v) is 4.04. The van der Waals surface area contributed by atoms with Gasteiger partial charge in [-0.2, -0.15) is 0 Å². The summed E-state index contributed by atoms with van der Waals surface area (Å²) in [7, 11) is 2.07. The number of rotatable bonds is 8. The van der Waals surface area contributed by atoms with Crippen LogP contribution in [0.1, 0.15) is 32.6 Å². The maximum Gasteiger partial charge on any atom is 0.161 e. The lowest BCUT2D eigenvalue weighted by molar-refractivity contribution is 0.175. The fraction of sp³-hybridized carbons (Fsp3) is 0.667. The van der Waals surface area contributed by atoms with Gasteiger partial charge in [-0.05, 0) is 69.0 Å². The zero-order valence-electron chi connectivity index (χ0n) is 13.2. The van der Waals surface area contributed by atoms with Crippen LogP contribution in [-0.2, 0) is 0 Å². The number of nitrogens with one attached hydrogen (secondary N) is 1. The highest BCUT2D eigenvalue weighted by Crippen LogP contribution is 2.60. The zero-order valence-corrected chi connectivity index (χ0v) is 13.2. The highest BCUT2D eigenvalue weighted by molar-refractivity contribution is 5.39. The molecule has 21 heavy (non-hydrogen) atoms. The van der Waals surface area contributed by atoms with Gasteiger partial charge in [-0.25, -0.2) is 0 Å². The highest BCUT2D eigenvalue weighted by Gasteiger charge is 2.53. The van der Waals surface area contributed by atoms with Gasteiger partial charge in [0.05, 0.1) is 13.2 Å². The Hall–Kier alpha value is -1.22. The molecule has 0 radical (unpaired) electrons. The number of hydrogen-bond acceptors (Lipinski definition) is 3. The summed E-state index contributed by atoms with van der Waals surface area (Å²) in [6.45, 7) is 4.58. The molecule has 1 aromatic rings. The van der Waals surface area contributed by atoms with Gasteiger partial charge in [-0.1, -0.05) is 12.1 Å². The summed E-state index contributed by atoms with van der Waals surface area (Å²) in [4.78, 5) is 0. The molecule has 2 aliphatic rings. The summed E-state index contributed by atoms with van der Waals surface area (Å²) in [5, 5.41) is 3.39. The van der Waals surface area contributed by atoms with E-state index in [1.165, 1.54) is 19.3 Å². The molecular weight excluding hydrogens is 262 g/mol. The third-order valence-corrected chi connectivity index (χ3v) is 5.05. The van der Waals surface area contributed by atoms with Gasteiger partial charge < -0.3 is 14.8 Å². The predicted molar refractivity (Wildman–Crippen MR) is 84.9 cm³/mol. The quantitative estimate of drug-likeness (QED) is 0.794. The summed E-state index contributed by atoms with van der Waals surface area (Å²) >= 11 is 0. The van der Waals surface area contributed by atoms with E-state index in [0.717, 1.165) is 42.9 Å². The second kappa shape index (κ2) is 6.27. The lowest BCUT2D eigenvalue weighted by Gasteiger charge is -2.30. The van der Waals surface area contributed by atoms with E-state index in [0.29, 0.717) is 12.0 Å². The molecule has 2 fully saturated rings. The SMILES string of the molecule is CCOc1ccccc1OCCC1(CNC)CC2CC2C1. The number of hydrogen-bond donors (Lipinski definition) is 1. The van der Waals surface area contributed by atoms with E-state index in [1.54, 1.807) is 0 Å². The molecule has 0 bridgehead atoms. The Morgan fingerprint density at radius 3 is 2.43 bits per heavy atom. The first-order valence-corrected chi connectivity index (χ1v) is 8.25. The molecular formula is C18H27NO2. The largest absolute Gasteiger partial charge is 0.490 e. The fourth-order valence-electron chi connectivity index (χ4n) is 4.04. The Kier molecular flexibility index (Phi) is 4.39. The van der Waals surface area contributed by atoms with E-state index in [-0.39, 0.29) is 0 Å². The molecule has 3 heteroatoms. The van der Waals surface area contributed by atoms with Crippen LogP contribution in [0.5, 0.6) is 11.5 Å². The monoisotopic (exact) mass is 289 g/mol. The van der Waals surface area contributed by atoms with E-state index in [9.17, 15) is 0 Å². The molecule has 0 spiro atoms. The number of fused-ring (bicyclic) bond motifs is 1. The molecule has 3 rings (SSSR count). The van der Waals surface area contributed by atoms with Crippen molar-refractivity contribution >= 4 is 0 Å². The van der Waals surface area contributed by atoms with Crippen molar-refractivity contribution in [2.24, 2.45) is 17.3 Å². The summed E-state index contributed by atoms with van der Waals surface area (Å²) in [5.74, 6) is 3.75. The molecule has 0 amide bonds. The van der Waals surface area contributed by atoms with Crippen molar-refractivity contribution in [2.75, 3.05) is 26.8 Å². The first-order chi connectivity index (χ1) is 10.3. The van der Waals surface area contributed by atoms with Gasteiger partial charge in [-0.15, -0.1) is 0 Å². The molecule has 0 saturated heterocycles. The van der Waals surface area contributed by atoms with Crippen LogP contribution in [0.15, 0.2) is 24.3 Å². The Morgan fingerprint density at radius 2 is 1.81 bits per heavy atom. The van der Waals surface area contributed by atoms with Gasteiger partial charge in [0.25, 0.3) is 0 Å². The van der Waals surface area contributed by atoms with Gasteiger partial charge in [0.15, 0.2) is 11.5 Å². The minimum Gasteiger partial charge on any atom is -0.490 e. The molecule has 0 aliphatic heterocycles. The van der Waals surface area contributed by atoms with E-state index in [1.807, 2.05) is 31.2 Å². The van der Waals surface area contributed by atoms with Crippen LogP contribution in [0.3, 0.4) is 0 Å². The minimum atomic E-state index is 0.461. The van der Waals surface area contributed by atoms with Crippen molar-refractivity contribution in [3.63, 3.8) is 0 Å². The topological polar surface area (TPSA) is 30.5 Å². The van der Waals surface area contributed by atoms with Gasteiger partial charge in [-0.3, -0.25) is 0 Å². The van der Waals surface area contributed by atoms with Crippen LogP contribution >= 0.6 is 0 Å². The molecule has 1 aromatic carbocycles. The second-order valence-corrected chi connectivity index (χ2v) is 6.67. The standard InChI is InChI=1S/C18H27NO2/c1-3-20-16-6-4-5-7-17(16)21-9-8-18(13-19-2)11-14-10-15(14)12-18/h4-7,14-15,19H,3,8-13H2,1-2H3. The summed E-state index contributed by atoms with van der Waals surface area (Å²) in [6.07, 6.45) is 5.38. The third kappa shape index (κ3) is 3.34. The highest BCUT2D eigenvalue weighted by atomic mass is 16.5.